The third-order valence-corrected chi connectivity index (χ3v) is 9.23. The lowest BCUT2D eigenvalue weighted by Crippen LogP contribution is -2.33. The number of halogens is 1. The molecular weight excluding hydrogens is 545 g/mol. The zero-order valence-electron chi connectivity index (χ0n) is 24.9. The van der Waals surface area contributed by atoms with Crippen LogP contribution in [0.1, 0.15) is 45.5 Å². The van der Waals surface area contributed by atoms with Crippen molar-refractivity contribution in [1.29, 1.82) is 5.26 Å². The molecule has 3 aliphatic rings. The van der Waals surface area contributed by atoms with Crippen LogP contribution in [0.25, 0.3) is 6.08 Å². The molecule has 222 valence electrons. The number of amides is 1. The average Bonchev–Trinajstić information content (AvgIpc) is 3.72. The van der Waals surface area contributed by atoms with Crippen LogP contribution in [0.2, 0.25) is 0 Å². The molecule has 1 unspecified atom stereocenters. The number of rotatable bonds is 7. The smallest absolute Gasteiger partial charge is 0.275 e. The number of nitrogens with one attached hydrogen (secondary N) is 1. The molecule has 2 fully saturated rings. The molecule has 3 aromatic rings. The van der Waals surface area contributed by atoms with Crippen molar-refractivity contribution in [1.82, 2.24) is 14.8 Å². The first-order valence-electron chi connectivity index (χ1n) is 14.8. The minimum atomic E-state index is -0.535. The lowest BCUT2D eigenvalue weighted by molar-refractivity contribution is 0.0824. The van der Waals surface area contributed by atoms with E-state index in [1.54, 1.807) is 20.2 Å². The molecule has 9 heteroatoms. The van der Waals surface area contributed by atoms with Crippen LogP contribution in [0.5, 0.6) is 11.5 Å². The summed E-state index contributed by atoms with van der Waals surface area (Å²) in [5.74, 6) is -0.373. The maximum absolute atomic E-state index is 14.0. The van der Waals surface area contributed by atoms with Gasteiger partial charge in [-0.3, -0.25) is 9.59 Å². The summed E-state index contributed by atoms with van der Waals surface area (Å²) in [6.45, 7) is 6.56. The first-order chi connectivity index (χ1) is 20.7. The van der Waals surface area contributed by atoms with Crippen molar-refractivity contribution in [2.45, 2.75) is 32.6 Å². The van der Waals surface area contributed by atoms with Gasteiger partial charge in [-0.25, -0.2) is 4.39 Å². The molecular formula is C34H36FN5O3. The molecule has 2 aromatic carbocycles. The van der Waals surface area contributed by atoms with Gasteiger partial charge < -0.3 is 24.4 Å². The third-order valence-electron chi connectivity index (χ3n) is 9.23. The van der Waals surface area contributed by atoms with Gasteiger partial charge in [0, 0.05) is 63.9 Å². The highest BCUT2D eigenvalue weighted by atomic mass is 19.1. The Hall–Kier alpha value is -4.42. The largest absolute Gasteiger partial charge is 0.454 e. The second kappa shape index (κ2) is 11.3. The number of aromatic nitrogens is 1. The highest BCUT2D eigenvalue weighted by molar-refractivity contribution is 5.96. The van der Waals surface area contributed by atoms with E-state index in [1.165, 1.54) is 45.5 Å². The van der Waals surface area contributed by atoms with Gasteiger partial charge in [-0.1, -0.05) is 12.1 Å². The summed E-state index contributed by atoms with van der Waals surface area (Å²) < 4.78 is 20.2. The highest BCUT2D eigenvalue weighted by Gasteiger charge is 2.44. The summed E-state index contributed by atoms with van der Waals surface area (Å²) in [6, 6.07) is 12.2. The summed E-state index contributed by atoms with van der Waals surface area (Å²) >= 11 is 0. The SMILES string of the molecule is Cc1c(CCN2CCC3(CCN(c4c(Oc5ccc(F)cc5C(=O)N(C)C)cc[nH]c4=O)C3)C2)ccc2c1C=C(C#N)C2. The Balaban J connectivity index is 1.15. The number of allylic oxidation sites excluding steroid dienone is 1. The molecule has 0 saturated carbocycles. The van der Waals surface area contributed by atoms with Crippen molar-refractivity contribution < 1.29 is 13.9 Å². The van der Waals surface area contributed by atoms with Gasteiger partial charge in [0.05, 0.1) is 11.6 Å². The predicted molar refractivity (Wildman–Crippen MR) is 164 cm³/mol. The van der Waals surface area contributed by atoms with Crippen molar-refractivity contribution in [3.05, 3.63) is 92.2 Å². The Morgan fingerprint density at radius 3 is 2.74 bits per heavy atom. The second-order valence-corrected chi connectivity index (χ2v) is 12.3. The molecule has 43 heavy (non-hydrogen) atoms. The van der Waals surface area contributed by atoms with Crippen molar-refractivity contribution in [2.75, 3.05) is 51.7 Å². The molecule has 2 aliphatic heterocycles. The monoisotopic (exact) mass is 581 g/mol. The Labute approximate surface area is 251 Å². The van der Waals surface area contributed by atoms with E-state index in [2.05, 4.69) is 39.9 Å². The van der Waals surface area contributed by atoms with Crippen LogP contribution in [0.3, 0.4) is 0 Å². The number of carbonyl (C=O) groups excluding carboxylic acids is 1. The molecule has 1 N–H and O–H groups in total. The molecule has 1 amide bonds. The van der Waals surface area contributed by atoms with Gasteiger partial charge in [-0.2, -0.15) is 5.26 Å². The maximum atomic E-state index is 14.0. The number of carbonyl (C=O) groups is 1. The Morgan fingerprint density at radius 1 is 1.14 bits per heavy atom. The van der Waals surface area contributed by atoms with Crippen molar-refractivity contribution >= 4 is 17.7 Å². The topological polar surface area (TPSA) is 92.7 Å². The average molecular weight is 582 g/mol. The van der Waals surface area contributed by atoms with Crippen LogP contribution >= 0.6 is 0 Å². The van der Waals surface area contributed by atoms with Gasteiger partial charge in [0.25, 0.3) is 11.5 Å². The number of hydrogen-bond acceptors (Lipinski definition) is 6. The van der Waals surface area contributed by atoms with E-state index < -0.39 is 5.82 Å². The van der Waals surface area contributed by atoms with E-state index in [1.807, 2.05) is 6.08 Å². The molecule has 1 aliphatic carbocycles. The van der Waals surface area contributed by atoms with Gasteiger partial charge in [-0.05, 0) is 85.3 Å². The lowest BCUT2D eigenvalue weighted by Gasteiger charge is -2.26. The van der Waals surface area contributed by atoms with E-state index in [0.29, 0.717) is 11.4 Å². The normalized spacial score (nSPS) is 19.4. The van der Waals surface area contributed by atoms with Gasteiger partial charge >= 0.3 is 0 Å². The summed E-state index contributed by atoms with van der Waals surface area (Å²) in [6.07, 6.45) is 7.27. The van der Waals surface area contributed by atoms with Crippen LogP contribution in [0, 0.1) is 29.5 Å². The number of nitrogens with zero attached hydrogens (tertiary/aromatic N) is 4. The van der Waals surface area contributed by atoms with Crippen LogP contribution < -0.4 is 15.2 Å². The number of hydrogen-bond donors (Lipinski definition) is 1. The van der Waals surface area contributed by atoms with Crippen LogP contribution in [0.15, 0.2) is 53.0 Å². The van der Waals surface area contributed by atoms with Crippen LogP contribution in [-0.2, 0) is 12.8 Å². The molecule has 0 radical (unpaired) electrons. The molecule has 2 saturated heterocycles. The molecule has 1 spiro atoms. The summed E-state index contributed by atoms with van der Waals surface area (Å²) in [5.41, 5.74) is 6.24. The first-order valence-corrected chi connectivity index (χ1v) is 14.8. The highest BCUT2D eigenvalue weighted by Crippen LogP contribution is 2.43. The Bertz CT molecular complexity index is 1720. The van der Waals surface area contributed by atoms with Gasteiger partial charge in [0.15, 0.2) is 5.75 Å². The lowest BCUT2D eigenvalue weighted by atomic mass is 9.86. The Kier molecular flexibility index (Phi) is 7.57. The zero-order chi connectivity index (χ0) is 30.3. The maximum Gasteiger partial charge on any atom is 0.275 e. The molecule has 1 atom stereocenters. The van der Waals surface area contributed by atoms with E-state index in [9.17, 15) is 19.2 Å². The number of benzene rings is 2. The molecule has 1 aromatic heterocycles. The van der Waals surface area contributed by atoms with E-state index in [4.69, 9.17) is 4.74 Å². The third kappa shape index (κ3) is 5.55. The fourth-order valence-electron chi connectivity index (χ4n) is 6.87. The van der Waals surface area contributed by atoms with Gasteiger partial charge in [-0.15, -0.1) is 0 Å². The number of nitriles is 1. The molecule has 3 heterocycles. The van der Waals surface area contributed by atoms with E-state index in [-0.39, 0.29) is 28.2 Å². The Morgan fingerprint density at radius 2 is 1.95 bits per heavy atom. The fraction of sp³-hybridized carbons (Fsp3) is 0.382. The fourth-order valence-corrected chi connectivity index (χ4v) is 6.87. The zero-order valence-corrected chi connectivity index (χ0v) is 24.9. The van der Waals surface area contributed by atoms with Gasteiger partial charge in [0.1, 0.15) is 17.3 Å². The summed E-state index contributed by atoms with van der Waals surface area (Å²) in [7, 11) is 3.19. The van der Waals surface area contributed by atoms with Gasteiger partial charge in [0.2, 0.25) is 0 Å². The molecule has 6 rings (SSSR count). The number of fused-ring (bicyclic) bond motifs is 1. The summed E-state index contributed by atoms with van der Waals surface area (Å²) in [5, 5.41) is 9.31. The minimum absolute atomic E-state index is 0.0822. The van der Waals surface area contributed by atoms with Crippen molar-refractivity contribution in [3.8, 4) is 17.6 Å². The second-order valence-electron chi connectivity index (χ2n) is 12.3. The number of pyridine rings is 1. The minimum Gasteiger partial charge on any atom is -0.454 e. The number of ether oxygens (including phenoxy) is 1. The quantitative estimate of drug-likeness (QED) is 0.426. The number of aromatic amines is 1. The first kappa shape index (κ1) is 28.7. The van der Waals surface area contributed by atoms with Crippen LogP contribution in [0.4, 0.5) is 10.1 Å². The predicted octanol–water partition coefficient (Wildman–Crippen LogP) is 4.92. The van der Waals surface area contributed by atoms with E-state index in [0.717, 1.165) is 70.0 Å². The number of likely N-dealkylation sites (tertiary alicyclic amines) is 1. The van der Waals surface area contributed by atoms with Crippen LogP contribution in [-0.4, -0.2) is 67.5 Å². The van der Waals surface area contributed by atoms with E-state index >= 15 is 0 Å². The van der Waals surface area contributed by atoms with Crippen molar-refractivity contribution in [2.24, 2.45) is 5.41 Å². The number of anilines is 1. The standard InChI is InChI=1S/C34H36FN5O3/c1-22-24(4-5-25-16-23(19-36)17-27(22)25)9-13-39-14-10-34(20-39)11-15-40(21-34)31-30(8-12-37-32(31)41)43-29-7-6-26(35)18-28(29)33(42)38(2)3/h4-8,12,17-18H,9-11,13-16,20-21H2,1-3H3,(H,37,41). The number of H-pyrrole nitrogens is 1. The van der Waals surface area contributed by atoms with Crippen molar-refractivity contribution in [3.63, 3.8) is 0 Å². The molecule has 8 nitrogen and oxygen atoms in total. The summed E-state index contributed by atoms with van der Waals surface area (Å²) in [4.78, 5) is 34.6. The molecule has 0 bridgehead atoms.